The van der Waals surface area contributed by atoms with Crippen LogP contribution < -0.4 is 0 Å². The highest BCUT2D eigenvalue weighted by molar-refractivity contribution is 9.11. The molecule has 3 heteroatoms. The predicted molar refractivity (Wildman–Crippen MR) is 63.2 cm³/mol. The second kappa shape index (κ2) is 4.77. The minimum Gasteiger partial charge on any atom is -0.0530 e. The zero-order chi connectivity index (χ0) is 9.14. The topological polar surface area (TPSA) is 0 Å². The van der Waals surface area contributed by atoms with Gasteiger partial charge in [0.05, 0.1) is 0 Å². The van der Waals surface area contributed by atoms with Crippen LogP contribution in [0, 0.1) is 6.92 Å². The van der Waals surface area contributed by atoms with Crippen molar-refractivity contribution in [3.05, 3.63) is 38.0 Å². The Labute approximate surface area is 98.1 Å². The third-order valence-corrected chi connectivity index (χ3v) is 3.41. The molecule has 1 radical (unpaired) electrons. The summed E-state index contributed by atoms with van der Waals surface area (Å²) in [6.45, 7) is 3.83. The van der Waals surface area contributed by atoms with E-state index in [9.17, 15) is 0 Å². The highest BCUT2D eigenvalue weighted by Crippen LogP contribution is 2.30. The molecule has 1 rings (SSSR count). The molecule has 0 aliphatic heterocycles. The van der Waals surface area contributed by atoms with Crippen LogP contribution in [-0.2, 0) is 6.42 Å². The maximum atomic E-state index is 3.83. The van der Waals surface area contributed by atoms with Gasteiger partial charge in [-0.1, -0.05) is 54.7 Å². The van der Waals surface area contributed by atoms with Gasteiger partial charge in [-0.05, 0) is 30.5 Å². The fourth-order valence-corrected chi connectivity index (χ4v) is 3.64. The molecule has 0 heterocycles. The van der Waals surface area contributed by atoms with Crippen molar-refractivity contribution in [1.29, 1.82) is 0 Å². The van der Waals surface area contributed by atoms with Crippen LogP contribution in [-0.4, -0.2) is 0 Å². The van der Waals surface area contributed by atoms with Crippen molar-refractivity contribution in [2.24, 2.45) is 0 Å². The lowest BCUT2D eigenvalue weighted by Gasteiger charge is -2.06. The summed E-state index contributed by atoms with van der Waals surface area (Å²) in [5, 5.41) is 0. The molecule has 0 unspecified atom stereocenters. The first kappa shape index (κ1) is 10.7. The van der Waals surface area contributed by atoms with Gasteiger partial charge in [-0.3, -0.25) is 0 Å². The second-order valence-electron chi connectivity index (χ2n) is 2.45. The number of hydrogen-bond donors (Lipinski definition) is 0. The Morgan fingerprint density at radius 2 is 1.58 bits per heavy atom. The van der Waals surface area contributed by atoms with Crippen molar-refractivity contribution in [3.63, 3.8) is 0 Å². The van der Waals surface area contributed by atoms with Crippen molar-refractivity contribution in [1.82, 2.24) is 0 Å². The molecule has 0 amide bonds. The van der Waals surface area contributed by atoms with Gasteiger partial charge >= 0.3 is 0 Å². The van der Waals surface area contributed by atoms with Gasteiger partial charge < -0.3 is 0 Å². The summed E-state index contributed by atoms with van der Waals surface area (Å²) in [4.78, 5) is 0. The normalized spacial score (nSPS) is 10.3. The first-order valence-corrected chi connectivity index (χ1v) is 5.95. The average molecular weight is 356 g/mol. The predicted octanol–water partition coefficient (Wildman–Crippen LogP) is 4.74. The largest absolute Gasteiger partial charge is 0.0530 e. The molecule has 0 fully saturated rings. The highest BCUT2D eigenvalue weighted by atomic mass is 79.9. The Morgan fingerprint density at radius 1 is 1.08 bits per heavy atom. The minimum absolute atomic E-state index is 0.916. The molecule has 1 aromatic carbocycles. The number of hydrogen-bond acceptors (Lipinski definition) is 0. The molecule has 65 valence electrons. The fraction of sp³-hybridized carbons (Fsp3) is 0.222. The molecule has 0 spiro atoms. The molecule has 12 heavy (non-hydrogen) atoms. The lowest BCUT2D eigenvalue weighted by Crippen LogP contribution is -1.87. The zero-order valence-corrected chi connectivity index (χ0v) is 11.2. The first-order valence-electron chi connectivity index (χ1n) is 3.58. The van der Waals surface area contributed by atoms with E-state index in [1.54, 1.807) is 0 Å². The lowest BCUT2D eigenvalue weighted by molar-refractivity contribution is 0.984. The van der Waals surface area contributed by atoms with Gasteiger partial charge in [-0.25, -0.2) is 0 Å². The molecule has 0 aliphatic rings. The standard InChI is InChI=1S/C9H8Br3/c1-2-3-7-8(11)4-6(10)5-9(7)12/h4-5H,1-3H2. The average Bonchev–Trinajstić information content (AvgIpc) is 1.96. The van der Waals surface area contributed by atoms with Crippen molar-refractivity contribution in [2.75, 3.05) is 0 Å². The molecule has 0 aliphatic carbocycles. The Balaban J connectivity index is 3.10. The third kappa shape index (κ3) is 2.57. The molecular weight excluding hydrogens is 348 g/mol. The Hall–Kier alpha value is 0.660. The van der Waals surface area contributed by atoms with E-state index in [1.807, 2.05) is 0 Å². The van der Waals surface area contributed by atoms with Crippen LogP contribution in [0.15, 0.2) is 25.6 Å². The van der Waals surface area contributed by atoms with E-state index in [2.05, 4.69) is 66.8 Å². The van der Waals surface area contributed by atoms with Gasteiger partial charge in [0.2, 0.25) is 0 Å². The van der Waals surface area contributed by atoms with E-state index in [-0.39, 0.29) is 0 Å². The van der Waals surface area contributed by atoms with Gasteiger partial charge in [0.15, 0.2) is 0 Å². The molecule has 0 saturated carbocycles. The van der Waals surface area contributed by atoms with Crippen LogP contribution in [0.1, 0.15) is 12.0 Å². The molecule has 1 aromatic rings. The Kier molecular flexibility index (Phi) is 4.27. The third-order valence-electron chi connectivity index (χ3n) is 1.53. The SMILES string of the molecule is [CH2]CCc1c(Br)cc(Br)cc1Br. The summed E-state index contributed by atoms with van der Waals surface area (Å²) >= 11 is 10.4. The van der Waals surface area contributed by atoms with E-state index >= 15 is 0 Å². The lowest BCUT2D eigenvalue weighted by atomic mass is 10.1. The number of benzene rings is 1. The van der Waals surface area contributed by atoms with Crippen LogP contribution >= 0.6 is 47.8 Å². The minimum atomic E-state index is 0.916. The smallest absolute Gasteiger partial charge is 0.0229 e. The van der Waals surface area contributed by atoms with Crippen molar-refractivity contribution in [3.8, 4) is 0 Å². The zero-order valence-electron chi connectivity index (χ0n) is 6.41. The summed E-state index contributed by atoms with van der Waals surface area (Å²) in [6.07, 6.45) is 1.91. The van der Waals surface area contributed by atoms with E-state index in [0.717, 1.165) is 26.3 Å². The molecule has 0 bridgehead atoms. The summed E-state index contributed by atoms with van der Waals surface area (Å²) in [7, 11) is 0. The van der Waals surface area contributed by atoms with E-state index in [0.29, 0.717) is 0 Å². The summed E-state index contributed by atoms with van der Waals surface area (Å²) in [5.74, 6) is 0. The maximum absolute atomic E-state index is 3.83. The fourth-order valence-electron chi connectivity index (χ4n) is 0.988. The van der Waals surface area contributed by atoms with Crippen molar-refractivity contribution in [2.45, 2.75) is 12.8 Å². The van der Waals surface area contributed by atoms with Crippen LogP contribution in [0.25, 0.3) is 0 Å². The van der Waals surface area contributed by atoms with Crippen LogP contribution in [0.4, 0.5) is 0 Å². The van der Waals surface area contributed by atoms with Crippen molar-refractivity contribution < 1.29 is 0 Å². The van der Waals surface area contributed by atoms with Crippen molar-refractivity contribution >= 4 is 47.8 Å². The van der Waals surface area contributed by atoms with Crippen LogP contribution in [0.2, 0.25) is 0 Å². The molecule has 0 atom stereocenters. The van der Waals surface area contributed by atoms with E-state index < -0.39 is 0 Å². The summed E-state index contributed by atoms with van der Waals surface area (Å²) in [6, 6.07) is 4.10. The van der Waals surface area contributed by atoms with Crippen LogP contribution in [0.5, 0.6) is 0 Å². The van der Waals surface area contributed by atoms with Gasteiger partial charge in [0, 0.05) is 13.4 Å². The first-order chi connectivity index (χ1) is 5.65. The molecule has 0 saturated heterocycles. The molecular formula is C9H8Br3. The molecule has 0 N–H and O–H groups in total. The van der Waals surface area contributed by atoms with E-state index in [1.165, 1.54) is 5.56 Å². The second-order valence-corrected chi connectivity index (χ2v) is 5.08. The monoisotopic (exact) mass is 353 g/mol. The number of rotatable bonds is 2. The maximum Gasteiger partial charge on any atom is 0.0229 e. The Bertz CT molecular complexity index is 258. The van der Waals surface area contributed by atoms with E-state index in [4.69, 9.17) is 0 Å². The summed E-state index contributed by atoms with van der Waals surface area (Å²) < 4.78 is 3.34. The van der Waals surface area contributed by atoms with Gasteiger partial charge in [0.1, 0.15) is 0 Å². The number of halogens is 3. The Morgan fingerprint density at radius 3 is 2.00 bits per heavy atom. The van der Waals surface area contributed by atoms with Gasteiger partial charge in [-0.15, -0.1) is 0 Å². The highest BCUT2D eigenvalue weighted by Gasteiger charge is 2.04. The van der Waals surface area contributed by atoms with Gasteiger partial charge in [0.25, 0.3) is 0 Å². The molecule has 0 nitrogen and oxygen atoms in total. The molecule has 0 aromatic heterocycles. The summed E-state index contributed by atoms with van der Waals surface area (Å²) in [5.41, 5.74) is 1.29. The quantitative estimate of drug-likeness (QED) is 0.718. The van der Waals surface area contributed by atoms with Gasteiger partial charge in [-0.2, -0.15) is 0 Å². The van der Waals surface area contributed by atoms with Crippen LogP contribution in [0.3, 0.4) is 0 Å².